The van der Waals surface area contributed by atoms with Crippen LogP contribution in [0.5, 0.6) is 0 Å². The molecule has 0 aromatic rings. The van der Waals surface area contributed by atoms with Crippen molar-refractivity contribution in [1.29, 1.82) is 0 Å². The van der Waals surface area contributed by atoms with Gasteiger partial charge in [0.2, 0.25) is 0 Å². The largest absolute Gasteiger partial charge is 1.00 e. The van der Waals surface area contributed by atoms with E-state index in [-0.39, 0.29) is 48.6 Å². The van der Waals surface area contributed by atoms with Gasteiger partial charge in [-0.2, -0.15) is 23.3 Å². The molecule has 3 heteroatoms. The van der Waals surface area contributed by atoms with Crippen LogP contribution in [0.1, 0.15) is 68.2 Å². The molecule has 2 aliphatic rings. The van der Waals surface area contributed by atoms with E-state index >= 15 is 0 Å². The smallest absolute Gasteiger partial charge is 0.270 e. The van der Waals surface area contributed by atoms with Gasteiger partial charge in [0.1, 0.15) is 0 Å². The Balaban J connectivity index is 0.00000338. The minimum absolute atomic E-state index is 0. The van der Waals surface area contributed by atoms with E-state index in [9.17, 15) is 0 Å². The number of rotatable bonds is 4. The van der Waals surface area contributed by atoms with Crippen LogP contribution in [0.25, 0.3) is 0 Å². The van der Waals surface area contributed by atoms with E-state index in [2.05, 4.69) is 92.8 Å². The molecule has 2 unspecified atom stereocenters. The normalized spacial score (nSPS) is 23.0. The van der Waals surface area contributed by atoms with Gasteiger partial charge in [0.15, 0.2) is 0 Å². The van der Waals surface area contributed by atoms with E-state index in [1.165, 1.54) is 0 Å². The average molecular weight is 369 g/mol. The maximum absolute atomic E-state index is 3.92. The third-order valence-electron chi connectivity index (χ3n) is 5.68. The monoisotopic (exact) mass is 368 g/mol. The quantitative estimate of drug-likeness (QED) is 0.518. The Morgan fingerprint density at radius 2 is 1.04 bits per heavy atom. The Kier molecular flexibility index (Phi) is 9.59. The molecule has 0 nitrogen and oxygen atoms in total. The molecule has 0 bridgehead atoms. The molecule has 0 aliphatic heterocycles. The fourth-order valence-corrected chi connectivity index (χ4v) is 7.63. The zero-order valence-corrected chi connectivity index (χ0v) is 21.2. The van der Waals surface area contributed by atoms with Crippen molar-refractivity contribution < 1.29 is 37.7 Å². The first kappa shape index (κ1) is 27.4. The van der Waals surface area contributed by atoms with Gasteiger partial charge < -0.3 is 0 Å². The summed E-state index contributed by atoms with van der Waals surface area (Å²) in [6.45, 7) is 23.7. The van der Waals surface area contributed by atoms with Gasteiger partial charge in [-0.15, -0.1) is 0 Å². The fourth-order valence-electron chi connectivity index (χ4n) is 4.03. The molecule has 0 radical (unpaired) electrons. The third kappa shape index (κ3) is 5.71. The van der Waals surface area contributed by atoms with Crippen molar-refractivity contribution in [2.75, 3.05) is 0 Å². The molecule has 140 valence electrons. The summed E-state index contributed by atoms with van der Waals surface area (Å²) in [6.07, 6.45) is 15.1. The van der Waals surface area contributed by atoms with Gasteiger partial charge in [-0.3, -0.25) is 12.2 Å². The Labute approximate surface area is 194 Å². The zero-order chi connectivity index (χ0) is 19.2. The molecule has 27 heavy (non-hydrogen) atoms. The molecular formula is C24H38Li2Si. The van der Waals surface area contributed by atoms with Crippen LogP contribution in [0.2, 0.25) is 13.1 Å². The van der Waals surface area contributed by atoms with E-state index < -0.39 is 8.07 Å². The second-order valence-electron chi connectivity index (χ2n) is 10.4. The minimum atomic E-state index is -1.82. The van der Waals surface area contributed by atoms with E-state index in [1.807, 2.05) is 0 Å². The topological polar surface area (TPSA) is 0 Å². The van der Waals surface area contributed by atoms with Crippen molar-refractivity contribution in [1.82, 2.24) is 0 Å². The summed E-state index contributed by atoms with van der Waals surface area (Å²) in [6, 6.07) is 0. The van der Waals surface area contributed by atoms with Crippen molar-refractivity contribution >= 4 is 8.07 Å². The number of allylic oxidation sites excluding steroid dienone is 8. The Morgan fingerprint density at radius 1 is 0.741 bits per heavy atom. The SMILES string of the molecule is CCC1[C-]=C([Si](C)(C)C2=[C-]C(CC)C=C2C(C)(C)C)C(C(C)(C)C)=C1.[Li+].[Li+]. The summed E-state index contributed by atoms with van der Waals surface area (Å²) >= 11 is 0. The van der Waals surface area contributed by atoms with Gasteiger partial charge in [0.25, 0.3) is 0 Å². The van der Waals surface area contributed by atoms with Gasteiger partial charge in [-0.1, -0.05) is 104 Å². The Morgan fingerprint density at radius 3 is 1.26 bits per heavy atom. The van der Waals surface area contributed by atoms with Crippen LogP contribution in [0.4, 0.5) is 0 Å². The van der Waals surface area contributed by atoms with Crippen LogP contribution in [-0.4, -0.2) is 8.07 Å². The van der Waals surface area contributed by atoms with E-state index in [0.29, 0.717) is 11.8 Å². The third-order valence-corrected chi connectivity index (χ3v) is 9.01. The molecule has 0 fully saturated rings. The molecule has 0 amide bonds. The molecule has 0 saturated carbocycles. The molecule has 0 N–H and O–H groups in total. The number of hydrogen-bond donors (Lipinski definition) is 0. The second-order valence-corrected chi connectivity index (χ2v) is 14.6. The van der Waals surface area contributed by atoms with Crippen molar-refractivity contribution in [2.45, 2.75) is 81.3 Å². The molecule has 2 aliphatic carbocycles. The first-order valence-electron chi connectivity index (χ1n) is 10.1. The standard InChI is InChI=1S/C24H38Si.2Li/c1-11-17-13-19(23(3,4)5)21(15-17)25(9,10)22-16-18(12-2)14-20(22)24(6,7)8;;/h13-14,17-18H,11-12H2,1-10H3;;/q-2;2*+1. The van der Waals surface area contributed by atoms with Crippen LogP contribution in [-0.2, 0) is 0 Å². The van der Waals surface area contributed by atoms with Crippen molar-refractivity contribution in [3.63, 3.8) is 0 Å². The predicted octanol–water partition coefficient (Wildman–Crippen LogP) is 1.26. The average Bonchev–Trinajstić information content (AvgIpc) is 3.10. The summed E-state index contributed by atoms with van der Waals surface area (Å²) in [5, 5.41) is 3.09. The molecule has 2 rings (SSSR count). The van der Waals surface area contributed by atoms with Crippen molar-refractivity contribution in [3.05, 3.63) is 45.8 Å². The molecule has 0 aromatic heterocycles. The second kappa shape index (κ2) is 9.46. The van der Waals surface area contributed by atoms with Crippen molar-refractivity contribution in [3.8, 4) is 0 Å². The molecule has 0 spiro atoms. The van der Waals surface area contributed by atoms with E-state index in [4.69, 9.17) is 0 Å². The van der Waals surface area contributed by atoms with Gasteiger partial charge in [0.05, 0.1) is 0 Å². The summed E-state index contributed by atoms with van der Waals surface area (Å²) in [4.78, 5) is 0. The number of hydrogen-bond acceptors (Lipinski definition) is 0. The van der Waals surface area contributed by atoms with Crippen LogP contribution >= 0.6 is 0 Å². The molecule has 0 heterocycles. The summed E-state index contributed by atoms with van der Waals surface area (Å²) in [5.74, 6) is 0.976. The van der Waals surface area contributed by atoms with E-state index in [0.717, 1.165) is 12.8 Å². The van der Waals surface area contributed by atoms with Crippen LogP contribution in [0, 0.1) is 34.8 Å². The summed E-state index contributed by atoms with van der Waals surface area (Å²) < 4.78 is 0. The summed E-state index contributed by atoms with van der Waals surface area (Å²) in [5.41, 5.74) is 3.45. The van der Waals surface area contributed by atoms with E-state index in [1.54, 1.807) is 21.5 Å². The van der Waals surface area contributed by atoms with Gasteiger partial charge in [0, 0.05) is 8.07 Å². The first-order chi connectivity index (χ1) is 11.3. The summed E-state index contributed by atoms with van der Waals surface area (Å²) in [7, 11) is -1.82. The molecular weight excluding hydrogens is 330 g/mol. The van der Waals surface area contributed by atoms with Crippen LogP contribution in [0.3, 0.4) is 0 Å². The Bertz CT molecular complexity index is 593. The van der Waals surface area contributed by atoms with Gasteiger partial charge in [-0.25, -0.2) is 10.4 Å². The molecule has 0 saturated heterocycles. The van der Waals surface area contributed by atoms with Gasteiger partial charge in [-0.05, 0) is 0 Å². The first-order valence-corrected chi connectivity index (χ1v) is 13.1. The maximum Gasteiger partial charge on any atom is 1.00 e. The minimum Gasteiger partial charge on any atom is -0.270 e. The Hall–Kier alpha value is 0.372. The predicted molar refractivity (Wildman–Crippen MR) is 114 cm³/mol. The van der Waals surface area contributed by atoms with Crippen molar-refractivity contribution in [2.24, 2.45) is 22.7 Å². The molecule has 0 aromatic carbocycles. The zero-order valence-electron chi connectivity index (χ0n) is 20.2. The van der Waals surface area contributed by atoms with Crippen LogP contribution in [0.15, 0.2) is 33.7 Å². The fraction of sp³-hybridized carbons (Fsp3) is 0.667. The molecule has 2 atom stereocenters. The van der Waals surface area contributed by atoms with Gasteiger partial charge >= 0.3 is 37.7 Å². The maximum atomic E-state index is 3.92. The van der Waals surface area contributed by atoms with Crippen LogP contribution < -0.4 is 37.7 Å².